The first-order chi connectivity index (χ1) is 12.7. The summed E-state index contributed by atoms with van der Waals surface area (Å²) in [5, 5.41) is 11.5. The maximum atomic E-state index is 13.0. The fraction of sp³-hybridized carbons (Fsp3) is 0.316. The number of thioether (sulfide) groups is 1. The Hall–Kier alpha value is -2.41. The molecule has 1 unspecified atom stereocenters. The van der Waals surface area contributed by atoms with Crippen LogP contribution in [0.1, 0.15) is 30.3 Å². The molecule has 0 bridgehead atoms. The van der Waals surface area contributed by atoms with E-state index < -0.39 is 0 Å². The van der Waals surface area contributed by atoms with Crippen molar-refractivity contribution in [3.63, 3.8) is 0 Å². The van der Waals surface area contributed by atoms with E-state index in [-0.39, 0.29) is 17.8 Å². The summed E-state index contributed by atoms with van der Waals surface area (Å²) in [5.74, 6) is 1.33. The highest BCUT2D eigenvalue weighted by Gasteiger charge is 2.20. The summed E-state index contributed by atoms with van der Waals surface area (Å²) in [6.45, 7) is 0. The molecular formula is C19H21FN4OS. The molecule has 26 heavy (non-hydrogen) atoms. The van der Waals surface area contributed by atoms with Crippen molar-refractivity contribution < 1.29 is 9.18 Å². The SMILES string of the molecule is CSCCC(NC(=O)CCc1ccc(F)cc1)c1nnc2ccccn12. The molecule has 0 saturated heterocycles. The zero-order chi connectivity index (χ0) is 18.4. The summed E-state index contributed by atoms with van der Waals surface area (Å²) < 4.78 is 14.9. The van der Waals surface area contributed by atoms with Gasteiger partial charge >= 0.3 is 0 Å². The van der Waals surface area contributed by atoms with Crippen molar-refractivity contribution in [3.05, 3.63) is 65.9 Å². The van der Waals surface area contributed by atoms with E-state index in [0.717, 1.165) is 29.2 Å². The van der Waals surface area contributed by atoms with Crippen molar-refractivity contribution in [1.29, 1.82) is 0 Å². The minimum Gasteiger partial charge on any atom is -0.346 e. The van der Waals surface area contributed by atoms with Crippen molar-refractivity contribution >= 4 is 23.3 Å². The molecule has 0 radical (unpaired) electrons. The van der Waals surface area contributed by atoms with Gasteiger partial charge in [0.15, 0.2) is 11.5 Å². The minimum absolute atomic E-state index is 0.0480. The lowest BCUT2D eigenvalue weighted by atomic mass is 10.1. The highest BCUT2D eigenvalue weighted by atomic mass is 32.2. The van der Waals surface area contributed by atoms with Gasteiger partial charge in [0, 0.05) is 12.6 Å². The van der Waals surface area contributed by atoms with Gasteiger partial charge in [-0.25, -0.2) is 4.39 Å². The largest absolute Gasteiger partial charge is 0.346 e. The molecule has 0 spiro atoms. The maximum Gasteiger partial charge on any atom is 0.220 e. The lowest BCUT2D eigenvalue weighted by molar-refractivity contribution is -0.121. The Morgan fingerprint density at radius 3 is 2.81 bits per heavy atom. The third kappa shape index (κ3) is 4.60. The van der Waals surface area contributed by atoms with E-state index in [1.54, 1.807) is 23.9 Å². The average Bonchev–Trinajstić information content (AvgIpc) is 3.09. The Kier molecular flexibility index (Phi) is 6.22. The fourth-order valence-electron chi connectivity index (χ4n) is 2.77. The first kappa shape index (κ1) is 18.4. The molecule has 0 aliphatic rings. The van der Waals surface area contributed by atoms with Crippen LogP contribution in [0.15, 0.2) is 48.7 Å². The van der Waals surface area contributed by atoms with Crippen LogP contribution in [0.25, 0.3) is 5.65 Å². The lowest BCUT2D eigenvalue weighted by Gasteiger charge is -2.17. The highest BCUT2D eigenvalue weighted by Crippen LogP contribution is 2.18. The summed E-state index contributed by atoms with van der Waals surface area (Å²) in [6, 6.07) is 11.8. The Morgan fingerprint density at radius 1 is 1.23 bits per heavy atom. The van der Waals surface area contributed by atoms with Crippen LogP contribution in [0.2, 0.25) is 0 Å². The van der Waals surface area contributed by atoms with Gasteiger partial charge in [0.05, 0.1) is 6.04 Å². The van der Waals surface area contributed by atoms with E-state index >= 15 is 0 Å². The quantitative estimate of drug-likeness (QED) is 0.658. The number of nitrogens with one attached hydrogen (secondary N) is 1. The van der Waals surface area contributed by atoms with Gasteiger partial charge in [-0.2, -0.15) is 11.8 Å². The van der Waals surface area contributed by atoms with E-state index in [1.807, 2.05) is 35.1 Å². The highest BCUT2D eigenvalue weighted by molar-refractivity contribution is 7.98. The summed E-state index contributed by atoms with van der Waals surface area (Å²) in [4.78, 5) is 12.4. The number of rotatable bonds is 8. The fourth-order valence-corrected chi connectivity index (χ4v) is 3.25. The second-order valence-electron chi connectivity index (χ2n) is 6.02. The molecule has 1 N–H and O–H groups in total. The molecule has 0 aliphatic heterocycles. The monoisotopic (exact) mass is 372 g/mol. The summed E-state index contributed by atoms with van der Waals surface area (Å²) in [5.41, 5.74) is 1.70. The summed E-state index contributed by atoms with van der Waals surface area (Å²) in [7, 11) is 0. The van der Waals surface area contributed by atoms with Crippen LogP contribution in [0.5, 0.6) is 0 Å². The van der Waals surface area contributed by atoms with Crippen molar-refractivity contribution in [1.82, 2.24) is 19.9 Å². The molecule has 7 heteroatoms. The molecule has 3 rings (SSSR count). The lowest BCUT2D eigenvalue weighted by Crippen LogP contribution is -2.30. The molecule has 1 amide bonds. The Labute approximate surface area is 156 Å². The molecule has 136 valence electrons. The molecule has 2 heterocycles. The topological polar surface area (TPSA) is 59.3 Å². The van der Waals surface area contributed by atoms with Gasteiger partial charge in [-0.05, 0) is 54.7 Å². The predicted octanol–water partition coefficient (Wildman–Crippen LogP) is 3.41. The normalized spacial score (nSPS) is 12.2. The molecule has 0 saturated carbocycles. The van der Waals surface area contributed by atoms with E-state index in [1.165, 1.54) is 12.1 Å². The Bertz CT molecular complexity index is 865. The standard InChI is InChI=1S/C19H21FN4OS/c1-26-13-11-16(19-23-22-17-4-2-3-12-24(17)19)21-18(25)10-7-14-5-8-15(20)9-6-14/h2-6,8-9,12,16H,7,10-11,13H2,1H3,(H,21,25). The van der Waals surface area contributed by atoms with Gasteiger partial charge in [-0.15, -0.1) is 10.2 Å². The number of benzene rings is 1. The maximum absolute atomic E-state index is 13.0. The molecule has 1 aromatic carbocycles. The Morgan fingerprint density at radius 2 is 2.04 bits per heavy atom. The van der Waals surface area contributed by atoms with Gasteiger partial charge in [0.25, 0.3) is 0 Å². The number of halogens is 1. The number of amides is 1. The molecule has 0 aliphatic carbocycles. The third-order valence-corrected chi connectivity index (χ3v) is 4.80. The van der Waals surface area contributed by atoms with E-state index in [2.05, 4.69) is 15.5 Å². The number of fused-ring (bicyclic) bond motifs is 1. The van der Waals surface area contributed by atoms with Crippen LogP contribution >= 0.6 is 11.8 Å². The van der Waals surface area contributed by atoms with Crippen molar-refractivity contribution in [2.24, 2.45) is 0 Å². The van der Waals surface area contributed by atoms with Crippen molar-refractivity contribution in [3.8, 4) is 0 Å². The number of nitrogens with zero attached hydrogens (tertiary/aromatic N) is 3. The third-order valence-electron chi connectivity index (χ3n) is 4.15. The second-order valence-corrected chi connectivity index (χ2v) is 7.00. The van der Waals surface area contributed by atoms with Gasteiger partial charge in [0.2, 0.25) is 5.91 Å². The Balaban J connectivity index is 1.67. The van der Waals surface area contributed by atoms with Gasteiger partial charge in [-0.3, -0.25) is 9.20 Å². The predicted molar refractivity (Wildman–Crippen MR) is 102 cm³/mol. The minimum atomic E-state index is -0.269. The van der Waals surface area contributed by atoms with Gasteiger partial charge < -0.3 is 5.32 Å². The molecule has 1 atom stereocenters. The van der Waals surface area contributed by atoms with Crippen molar-refractivity contribution in [2.45, 2.75) is 25.3 Å². The van der Waals surface area contributed by atoms with Crippen LogP contribution in [0, 0.1) is 5.82 Å². The van der Waals surface area contributed by atoms with E-state index in [0.29, 0.717) is 12.8 Å². The van der Waals surface area contributed by atoms with Gasteiger partial charge in [-0.1, -0.05) is 18.2 Å². The number of carbonyl (C=O) groups excluding carboxylic acids is 1. The first-order valence-corrected chi connectivity index (χ1v) is 9.89. The summed E-state index contributed by atoms with van der Waals surface area (Å²) in [6.07, 6.45) is 5.63. The number of carbonyl (C=O) groups is 1. The van der Waals surface area contributed by atoms with Crippen LogP contribution in [-0.4, -0.2) is 32.5 Å². The van der Waals surface area contributed by atoms with E-state index in [4.69, 9.17) is 0 Å². The number of aromatic nitrogens is 3. The first-order valence-electron chi connectivity index (χ1n) is 8.50. The number of pyridine rings is 1. The molecular weight excluding hydrogens is 351 g/mol. The van der Waals surface area contributed by atoms with Crippen LogP contribution < -0.4 is 5.32 Å². The zero-order valence-corrected chi connectivity index (χ0v) is 15.4. The number of hydrogen-bond donors (Lipinski definition) is 1. The smallest absolute Gasteiger partial charge is 0.220 e. The average molecular weight is 372 g/mol. The number of aryl methyl sites for hydroxylation is 1. The molecule has 3 aromatic rings. The van der Waals surface area contributed by atoms with Crippen LogP contribution in [0.4, 0.5) is 4.39 Å². The van der Waals surface area contributed by atoms with E-state index in [9.17, 15) is 9.18 Å². The van der Waals surface area contributed by atoms with Crippen LogP contribution in [-0.2, 0) is 11.2 Å². The summed E-state index contributed by atoms with van der Waals surface area (Å²) >= 11 is 1.73. The second kappa shape index (κ2) is 8.80. The van der Waals surface area contributed by atoms with Gasteiger partial charge in [0.1, 0.15) is 5.82 Å². The molecule has 5 nitrogen and oxygen atoms in total. The number of hydrogen-bond acceptors (Lipinski definition) is 4. The molecule has 0 fully saturated rings. The zero-order valence-electron chi connectivity index (χ0n) is 14.6. The van der Waals surface area contributed by atoms with Crippen LogP contribution in [0.3, 0.4) is 0 Å². The van der Waals surface area contributed by atoms with Crippen molar-refractivity contribution in [2.75, 3.05) is 12.0 Å². The molecule has 2 aromatic heterocycles.